The molecule has 2 heterocycles. The Labute approximate surface area is 122 Å². The fraction of sp³-hybridized carbons (Fsp3) is 0.500. The van der Waals surface area contributed by atoms with Crippen molar-refractivity contribution >= 4 is 16.9 Å². The van der Waals surface area contributed by atoms with Gasteiger partial charge in [-0.1, -0.05) is 12.1 Å². The van der Waals surface area contributed by atoms with Gasteiger partial charge in [-0.05, 0) is 31.9 Å². The maximum Gasteiger partial charge on any atom is 0.293 e. The minimum atomic E-state index is -0.333. The Morgan fingerprint density at radius 1 is 1.38 bits per heavy atom. The van der Waals surface area contributed by atoms with E-state index < -0.39 is 0 Å². The zero-order chi connectivity index (χ0) is 14.6. The Balaban J connectivity index is 1.86. The largest absolute Gasteiger partial charge is 0.391 e. The van der Waals surface area contributed by atoms with Crippen LogP contribution in [0, 0.1) is 5.41 Å². The first kappa shape index (κ1) is 12.8. The molecule has 0 amide bonds. The normalized spacial score (nSPS) is 23.1. The average Bonchev–Trinajstić information content (AvgIpc) is 3.19. The van der Waals surface area contributed by atoms with E-state index in [2.05, 4.69) is 4.98 Å². The number of aliphatic hydroxyl groups is 1. The van der Waals surface area contributed by atoms with Crippen LogP contribution in [0.2, 0.25) is 0 Å². The second-order valence-corrected chi connectivity index (χ2v) is 6.23. The SMILES string of the molecule is CCn1c(=O)c(N2C[C@H](O)C3(CC3)C2)nc2ccccc21. The molecule has 1 saturated heterocycles. The molecule has 5 heteroatoms. The zero-order valence-electron chi connectivity index (χ0n) is 12.1. The molecule has 2 aromatic rings. The molecule has 1 aromatic heterocycles. The molecule has 1 aliphatic heterocycles. The molecule has 1 aromatic carbocycles. The molecule has 110 valence electrons. The molecule has 2 aliphatic rings. The number of benzene rings is 1. The summed E-state index contributed by atoms with van der Waals surface area (Å²) in [6, 6.07) is 7.72. The summed E-state index contributed by atoms with van der Waals surface area (Å²) in [6.45, 7) is 3.86. The Morgan fingerprint density at radius 2 is 2.14 bits per heavy atom. The van der Waals surface area contributed by atoms with Gasteiger partial charge in [-0.3, -0.25) is 4.79 Å². The lowest BCUT2D eigenvalue weighted by atomic mass is 10.0. The first-order valence-corrected chi connectivity index (χ1v) is 7.57. The summed E-state index contributed by atoms with van der Waals surface area (Å²) in [5.41, 5.74) is 1.67. The number of aromatic nitrogens is 2. The number of hydrogen-bond acceptors (Lipinski definition) is 4. The number of rotatable bonds is 2. The van der Waals surface area contributed by atoms with E-state index in [0.717, 1.165) is 30.4 Å². The average molecular weight is 285 g/mol. The van der Waals surface area contributed by atoms with Gasteiger partial charge in [0.2, 0.25) is 0 Å². The fourth-order valence-electron chi connectivity index (χ4n) is 3.46. The summed E-state index contributed by atoms with van der Waals surface area (Å²) in [5, 5.41) is 10.2. The molecule has 0 unspecified atom stereocenters. The third-order valence-electron chi connectivity index (χ3n) is 4.95. The van der Waals surface area contributed by atoms with E-state index in [-0.39, 0.29) is 17.1 Å². The Kier molecular flexibility index (Phi) is 2.63. The Bertz CT molecular complexity index is 764. The van der Waals surface area contributed by atoms with E-state index >= 15 is 0 Å². The Morgan fingerprint density at radius 3 is 2.81 bits per heavy atom. The van der Waals surface area contributed by atoms with Crippen LogP contribution in [0.1, 0.15) is 19.8 Å². The van der Waals surface area contributed by atoms with Crippen LogP contribution in [0.25, 0.3) is 11.0 Å². The monoisotopic (exact) mass is 285 g/mol. The highest BCUT2D eigenvalue weighted by Crippen LogP contribution is 2.53. The minimum absolute atomic E-state index is 0.0246. The van der Waals surface area contributed by atoms with Crippen molar-refractivity contribution in [1.29, 1.82) is 0 Å². The van der Waals surface area contributed by atoms with Gasteiger partial charge in [0.15, 0.2) is 5.82 Å². The van der Waals surface area contributed by atoms with Crippen LogP contribution in [-0.2, 0) is 6.54 Å². The topological polar surface area (TPSA) is 58.4 Å². The number of fused-ring (bicyclic) bond motifs is 1. The van der Waals surface area contributed by atoms with Gasteiger partial charge in [0.25, 0.3) is 5.56 Å². The summed E-state index contributed by atoms with van der Waals surface area (Å²) in [6.07, 6.45) is 1.78. The molecule has 5 nitrogen and oxygen atoms in total. The molecule has 1 atom stereocenters. The Hall–Kier alpha value is -1.88. The third-order valence-corrected chi connectivity index (χ3v) is 4.95. The molecule has 1 aliphatic carbocycles. The van der Waals surface area contributed by atoms with Gasteiger partial charge in [0.1, 0.15) is 0 Å². The summed E-state index contributed by atoms with van der Waals surface area (Å²) in [4.78, 5) is 19.3. The van der Waals surface area contributed by atoms with Gasteiger partial charge in [-0.15, -0.1) is 0 Å². The van der Waals surface area contributed by atoms with E-state index in [9.17, 15) is 9.90 Å². The molecule has 0 bridgehead atoms. The van der Waals surface area contributed by atoms with Crippen molar-refractivity contribution in [3.8, 4) is 0 Å². The minimum Gasteiger partial charge on any atom is -0.391 e. The molecule has 4 rings (SSSR count). The number of aliphatic hydroxyl groups excluding tert-OH is 1. The van der Waals surface area contributed by atoms with Gasteiger partial charge >= 0.3 is 0 Å². The first-order valence-electron chi connectivity index (χ1n) is 7.57. The van der Waals surface area contributed by atoms with Gasteiger partial charge in [0.05, 0.1) is 17.1 Å². The lowest BCUT2D eigenvalue weighted by molar-refractivity contribution is 0.136. The van der Waals surface area contributed by atoms with Crippen LogP contribution >= 0.6 is 0 Å². The van der Waals surface area contributed by atoms with E-state index in [4.69, 9.17) is 0 Å². The number of aryl methyl sites for hydroxylation is 1. The molecule has 1 spiro atoms. The smallest absolute Gasteiger partial charge is 0.293 e. The molecule has 21 heavy (non-hydrogen) atoms. The predicted molar refractivity (Wildman–Crippen MR) is 81.6 cm³/mol. The second-order valence-electron chi connectivity index (χ2n) is 6.23. The van der Waals surface area contributed by atoms with Crippen LogP contribution in [0.3, 0.4) is 0 Å². The maximum atomic E-state index is 12.7. The highest BCUT2D eigenvalue weighted by Gasteiger charge is 2.55. The molecular weight excluding hydrogens is 266 g/mol. The van der Waals surface area contributed by atoms with Crippen molar-refractivity contribution in [1.82, 2.24) is 9.55 Å². The quantitative estimate of drug-likeness (QED) is 0.905. The van der Waals surface area contributed by atoms with Gasteiger partial charge in [-0.2, -0.15) is 0 Å². The second kappa shape index (κ2) is 4.31. The molecule has 2 fully saturated rings. The van der Waals surface area contributed by atoms with E-state index in [0.29, 0.717) is 18.9 Å². The van der Waals surface area contributed by atoms with Crippen molar-refractivity contribution in [2.24, 2.45) is 5.41 Å². The lowest BCUT2D eigenvalue weighted by Gasteiger charge is -2.18. The number of anilines is 1. The van der Waals surface area contributed by atoms with Gasteiger partial charge < -0.3 is 14.6 Å². The summed E-state index contributed by atoms with van der Waals surface area (Å²) in [5.74, 6) is 0.485. The zero-order valence-corrected chi connectivity index (χ0v) is 12.1. The maximum absolute atomic E-state index is 12.7. The van der Waals surface area contributed by atoms with Crippen molar-refractivity contribution in [2.45, 2.75) is 32.4 Å². The number of para-hydroxylation sites is 2. The van der Waals surface area contributed by atoms with Gasteiger partial charge in [0, 0.05) is 25.0 Å². The van der Waals surface area contributed by atoms with E-state index in [1.165, 1.54) is 0 Å². The van der Waals surface area contributed by atoms with Crippen molar-refractivity contribution < 1.29 is 5.11 Å². The summed E-state index contributed by atoms with van der Waals surface area (Å²) < 4.78 is 1.77. The highest BCUT2D eigenvalue weighted by atomic mass is 16.3. The molecule has 1 saturated carbocycles. The molecular formula is C16H19N3O2. The van der Waals surface area contributed by atoms with Crippen LogP contribution < -0.4 is 10.5 Å². The highest BCUT2D eigenvalue weighted by molar-refractivity contribution is 5.76. The standard InChI is InChI=1S/C16H19N3O2/c1-2-19-12-6-4-3-5-11(12)17-14(15(19)21)18-9-13(20)16(10-18)7-8-16/h3-6,13,20H,2,7-10H2,1H3/t13-/m0/s1. The van der Waals surface area contributed by atoms with Crippen molar-refractivity contribution in [3.05, 3.63) is 34.6 Å². The third kappa shape index (κ3) is 1.80. The number of nitrogens with zero attached hydrogens (tertiary/aromatic N) is 3. The number of hydrogen-bond donors (Lipinski definition) is 1. The number of β-amino-alcohol motifs (C(OH)–C–C–N with tert-alkyl or cyclic N) is 1. The molecule has 1 N–H and O–H groups in total. The first-order chi connectivity index (χ1) is 10.1. The summed E-state index contributed by atoms with van der Waals surface area (Å²) >= 11 is 0. The van der Waals surface area contributed by atoms with Crippen LogP contribution in [0.15, 0.2) is 29.1 Å². The van der Waals surface area contributed by atoms with Crippen LogP contribution in [0.4, 0.5) is 5.82 Å². The fourth-order valence-corrected chi connectivity index (χ4v) is 3.46. The van der Waals surface area contributed by atoms with Crippen LogP contribution in [0.5, 0.6) is 0 Å². The van der Waals surface area contributed by atoms with E-state index in [1.807, 2.05) is 36.1 Å². The molecule has 0 radical (unpaired) electrons. The van der Waals surface area contributed by atoms with Crippen LogP contribution in [-0.4, -0.2) is 33.9 Å². The van der Waals surface area contributed by atoms with E-state index in [1.54, 1.807) is 4.57 Å². The predicted octanol–water partition coefficient (Wildman–Crippen LogP) is 1.38. The summed E-state index contributed by atoms with van der Waals surface area (Å²) in [7, 11) is 0. The lowest BCUT2D eigenvalue weighted by Crippen LogP contribution is -2.32. The van der Waals surface area contributed by atoms with Crippen molar-refractivity contribution in [2.75, 3.05) is 18.0 Å². The van der Waals surface area contributed by atoms with Crippen molar-refractivity contribution in [3.63, 3.8) is 0 Å². The van der Waals surface area contributed by atoms with Gasteiger partial charge in [-0.25, -0.2) is 4.98 Å².